The highest BCUT2D eigenvalue weighted by atomic mass is 14.5. The normalized spacial score (nSPS) is 38.5. The van der Waals surface area contributed by atoms with E-state index in [0.717, 1.165) is 36.0 Å². The van der Waals surface area contributed by atoms with Crippen LogP contribution in [0.5, 0.6) is 0 Å². The summed E-state index contributed by atoms with van der Waals surface area (Å²) in [7, 11) is 0. The Hall–Kier alpha value is -0.510. The molecule has 3 saturated carbocycles. The van der Waals surface area contributed by atoms with E-state index in [9.17, 15) is 5.26 Å². The zero-order valence-corrected chi connectivity index (χ0v) is 19.1. The average Bonchev–Trinajstić information content (AvgIpc) is 2.75. The molecule has 4 atom stereocenters. The summed E-state index contributed by atoms with van der Waals surface area (Å²) < 4.78 is 0. The lowest BCUT2D eigenvalue weighted by atomic mass is 9.57. The molecule has 3 aliphatic rings. The van der Waals surface area contributed by atoms with Gasteiger partial charge in [-0.2, -0.15) is 5.26 Å². The molecular weight excluding hydrogens is 338 g/mol. The molecule has 0 aliphatic heterocycles. The van der Waals surface area contributed by atoms with Crippen molar-refractivity contribution in [1.82, 2.24) is 0 Å². The Morgan fingerprint density at radius 2 is 1.43 bits per heavy atom. The van der Waals surface area contributed by atoms with Crippen molar-refractivity contribution >= 4 is 0 Å². The molecule has 0 N–H and O–H groups in total. The van der Waals surface area contributed by atoms with E-state index in [-0.39, 0.29) is 5.41 Å². The van der Waals surface area contributed by atoms with E-state index in [1.807, 2.05) is 0 Å². The molecule has 3 rings (SSSR count). The Morgan fingerprint density at radius 3 is 2.14 bits per heavy atom. The number of nitrogens with zero attached hydrogens (tertiary/aromatic N) is 1. The second kappa shape index (κ2) is 11.0. The molecule has 3 fully saturated rings. The third-order valence-corrected chi connectivity index (χ3v) is 9.10. The van der Waals surface area contributed by atoms with Crippen molar-refractivity contribution in [3.63, 3.8) is 0 Å². The summed E-state index contributed by atoms with van der Waals surface area (Å²) in [5, 5.41) is 9.88. The molecule has 0 aromatic rings. The minimum atomic E-state index is 0.0415. The molecule has 1 nitrogen and oxygen atoms in total. The van der Waals surface area contributed by atoms with Crippen molar-refractivity contribution in [2.45, 2.75) is 129 Å². The van der Waals surface area contributed by atoms with Gasteiger partial charge < -0.3 is 0 Å². The fraction of sp³-hybridized carbons (Fsp3) is 0.963. The quantitative estimate of drug-likeness (QED) is 0.364. The maximum absolute atomic E-state index is 9.88. The summed E-state index contributed by atoms with van der Waals surface area (Å²) in [6.45, 7) is 4.58. The van der Waals surface area contributed by atoms with E-state index >= 15 is 0 Å². The Kier molecular flexibility index (Phi) is 8.74. The molecule has 1 heteroatoms. The van der Waals surface area contributed by atoms with Crippen LogP contribution in [-0.4, -0.2) is 0 Å². The predicted octanol–water partition coefficient (Wildman–Crippen LogP) is 8.68. The summed E-state index contributed by atoms with van der Waals surface area (Å²) in [5.41, 5.74) is 0.0415. The van der Waals surface area contributed by atoms with Gasteiger partial charge in [-0.05, 0) is 87.4 Å². The molecule has 0 spiro atoms. The van der Waals surface area contributed by atoms with Crippen LogP contribution in [0.2, 0.25) is 0 Å². The fourth-order valence-electron chi connectivity index (χ4n) is 7.19. The molecule has 4 unspecified atom stereocenters. The standard InChI is InChI=1S/C27H47N/c1-3-5-7-8-9-22-10-12-23(13-11-22)24-14-15-26-20-27(21-28,17-6-4-2)18-16-25(26)19-24/h22-26H,3-20H2,1-2H3. The van der Waals surface area contributed by atoms with Crippen LogP contribution < -0.4 is 0 Å². The zero-order chi connectivity index (χ0) is 19.8. The molecule has 0 bridgehead atoms. The Labute approximate surface area is 176 Å². The average molecular weight is 386 g/mol. The molecule has 160 valence electrons. The number of hydrogen-bond acceptors (Lipinski definition) is 1. The van der Waals surface area contributed by atoms with Crippen LogP contribution in [0.25, 0.3) is 0 Å². The molecule has 0 radical (unpaired) electrons. The SMILES string of the molecule is CCCCCCC1CCC(C2CCC3CC(C#N)(CCCC)CCC3C2)CC1. The number of unbranched alkanes of at least 4 members (excludes halogenated alkanes) is 4. The maximum Gasteiger partial charge on any atom is 0.0689 e. The van der Waals surface area contributed by atoms with Gasteiger partial charge in [-0.25, -0.2) is 0 Å². The smallest absolute Gasteiger partial charge is 0.0689 e. The van der Waals surface area contributed by atoms with Gasteiger partial charge in [-0.1, -0.05) is 71.6 Å². The first-order valence-electron chi connectivity index (χ1n) is 13.1. The predicted molar refractivity (Wildman–Crippen MR) is 120 cm³/mol. The number of hydrogen-bond donors (Lipinski definition) is 0. The van der Waals surface area contributed by atoms with Crippen LogP contribution in [0.1, 0.15) is 129 Å². The van der Waals surface area contributed by atoms with E-state index in [4.69, 9.17) is 0 Å². The second-order valence-corrected chi connectivity index (χ2v) is 11.0. The first kappa shape index (κ1) is 22.2. The van der Waals surface area contributed by atoms with Crippen molar-refractivity contribution in [1.29, 1.82) is 5.26 Å². The molecule has 0 aromatic carbocycles. The summed E-state index contributed by atoms with van der Waals surface area (Å²) in [6, 6.07) is 2.79. The van der Waals surface area contributed by atoms with Crippen LogP contribution in [0.15, 0.2) is 0 Å². The summed E-state index contributed by atoms with van der Waals surface area (Å²) in [5.74, 6) is 4.93. The van der Waals surface area contributed by atoms with Crippen molar-refractivity contribution in [3.8, 4) is 6.07 Å². The van der Waals surface area contributed by atoms with E-state index in [1.165, 1.54) is 109 Å². The van der Waals surface area contributed by atoms with Gasteiger partial charge in [0, 0.05) is 0 Å². The van der Waals surface area contributed by atoms with E-state index in [2.05, 4.69) is 19.9 Å². The van der Waals surface area contributed by atoms with Gasteiger partial charge in [0.1, 0.15) is 0 Å². The zero-order valence-electron chi connectivity index (χ0n) is 19.1. The molecule has 0 aromatic heterocycles. The highest BCUT2D eigenvalue weighted by Gasteiger charge is 2.44. The minimum Gasteiger partial charge on any atom is -0.198 e. The number of nitriles is 1. The lowest BCUT2D eigenvalue weighted by Gasteiger charge is -2.47. The van der Waals surface area contributed by atoms with Crippen LogP contribution in [0, 0.1) is 46.3 Å². The maximum atomic E-state index is 9.88. The molecule has 3 aliphatic carbocycles. The Morgan fingerprint density at radius 1 is 0.750 bits per heavy atom. The first-order valence-corrected chi connectivity index (χ1v) is 13.1. The van der Waals surface area contributed by atoms with Crippen molar-refractivity contribution in [2.24, 2.45) is 35.0 Å². The Balaban J connectivity index is 1.41. The molecule has 0 saturated heterocycles. The van der Waals surface area contributed by atoms with Gasteiger partial charge in [0.2, 0.25) is 0 Å². The minimum absolute atomic E-state index is 0.0415. The molecule has 0 heterocycles. The lowest BCUT2D eigenvalue weighted by molar-refractivity contribution is 0.0379. The summed E-state index contributed by atoms with van der Waals surface area (Å²) >= 11 is 0. The van der Waals surface area contributed by atoms with Gasteiger partial charge in [0.05, 0.1) is 11.5 Å². The highest BCUT2D eigenvalue weighted by Crippen LogP contribution is 2.53. The lowest BCUT2D eigenvalue weighted by Crippen LogP contribution is -2.38. The van der Waals surface area contributed by atoms with Gasteiger partial charge in [0.25, 0.3) is 0 Å². The first-order chi connectivity index (χ1) is 13.7. The van der Waals surface area contributed by atoms with E-state index in [1.54, 1.807) is 0 Å². The van der Waals surface area contributed by atoms with Crippen LogP contribution in [0.4, 0.5) is 0 Å². The van der Waals surface area contributed by atoms with E-state index in [0.29, 0.717) is 0 Å². The van der Waals surface area contributed by atoms with Gasteiger partial charge in [0.15, 0.2) is 0 Å². The third-order valence-electron chi connectivity index (χ3n) is 9.10. The van der Waals surface area contributed by atoms with Crippen molar-refractivity contribution in [3.05, 3.63) is 0 Å². The third kappa shape index (κ3) is 5.77. The van der Waals surface area contributed by atoms with Gasteiger partial charge in [-0.3, -0.25) is 0 Å². The van der Waals surface area contributed by atoms with Gasteiger partial charge in [-0.15, -0.1) is 0 Å². The molecular formula is C27H47N. The van der Waals surface area contributed by atoms with Gasteiger partial charge >= 0.3 is 0 Å². The number of rotatable bonds is 9. The largest absolute Gasteiger partial charge is 0.198 e. The van der Waals surface area contributed by atoms with Crippen LogP contribution in [-0.2, 0) is 0 Å². The summed E-state index contributed by atoms with van der Waals surface area (Å²) in [6.07, 6.45) is 25.2. The highest BCUT2D eigenvalue weighted by molar-refractivity contribution is 5.04. The molecule has 0 amide bonds. The monoisotopic (exact) mass is 385 g/mol. The molecule has 28 heavy (non-hydrogen) atoms. The number of fused-ring (bicyclic) bond motifs is 1. The van der Waals surface area contributed by atoms with E-state index < -0.39 is 0 Å². The summed E-state index contributed by atoms with van der Waals surface area (Å²) in [4.78, 5) is 0. The van der Waals surface area contributed by atoms with Crippen LogP contribution in [0.3, 0.4) is 0 Å². The Bertz CT molecular complexity index is 483. The topological polar surface area (TPSA) is 23.8 Å². The van der Waals surface area contributed by atoms with Crippen molar-refractivity contribution < 1.29 is 0 Å². The fourth-order valence-corrected chi connectivity index (χ4v) is 7.19. The second-order valence-electron chi connectivity index (χ2n) is 11.0. The van der Waals surface area contributed by atoms with Crippen molar-refractivity contribution in [2.75, 3.05) is 0 Å². The van der Waals surface area contributed by atoms with Crippen LogP contribution >= 0.6 is 0 Å².